The Kier molecular flexibility index (Phi) is 5.72. The molecule has 2 aliphatic carbocycles. The quantitative estimate of drug-likeness (QED) is 0.685. The van der Waals surface area contributed by atoms with Crippen LogP contribution in [0, 0.1) is 28.6 Å². The third-order valence-electron chi connectivity index (χ3n) is 7.76. The molecule has 0 aromatic rings. The lowest BCUT2D eigenvalue weighted by Gasteiger charge is -2.57. The van der Waals surface area contributed by atoms with Crippen LogP contribution < -0.4 is 0 Å². The molecular formula is C22H34O5. The van der Waals surface area contributed by atoms with Crippen LogP contribution in [0.1, 0.15) is 66.2 Å². The molecule has 0 aromatic carbocycles. The third-order valence-corrected chi connectivity index (χ3v) is 7.76. The summed E-state index contributed by atoms with van der Waals surface area (Å²) in [6, 6.07) is 0. The second kappa shape index (κ2) is 7.57. The smallest absolute Gasteiger partial charge is 0.334 e. The van der Waals surface area contributed by atoms with Gasteiger partial charge in [-0.25, -0.2) is 4.79 Å². The van der Waals surface area contributed by atoms with Crippen LogP contribution in [0.15, 0.2) is 11.6 Å². The lowest BCUT2D eigenvalue weighted by atomic mass is 9.46. The van der Waals surface area contributed by atoms with Crippen molar-refractivity contribution in [3.8, 4) is 0 Å². The highest BCUT2D eigenvalue weighted by atomic mass is 16.6. The second-order valence-corrected chi connectivity index (χ2v) is 9.32. The molecule has 0 radical (unpaired) electrons. The van der Waals surface area contributed by atoms with Crippen LogP contribution in [-0.2, 0) is 19.1 Å². The van der Waals surface area contributed by atoms with Crippen molar-refractivity contribution < 1.29 is 24.2 Å². The molecule has 0 spiro atoms. The summed E-state index contributed by atoms with van der Waals surface area (Å²) in [5.74, 6) is 0.545. The molecule has 1 heterocycles. The van der Waals surface area contributed by atoms with E-state index in [4.69, 9.17) is 9.47 Å². The van der Waals surface area contributed by atoms with Gasteiger partial charge in [-0.15, -0.1) is 0 Å². The second-order valence-electron chi connectivity index (χ2n) is 9.32. The predicted octanol–water partition coefficient (Wildman–Crippen LogP) is 3.64. The number of carbonyl (C=O) groups is 2. The van der Waals surface area contributed by atoms with E-state index in [1.165, 1.54) is 6.92 Å². The fraction of sp³-hybridized carbons (Fsp3) is 0.818. The molecule has 27 heavy (non-hydrogen) atoms. The normalized spacial score (nSPS) is 38.6. The summed E-state index contributed by atoms with van der Waals surface area (Å²) in [6.07, 6.45) is 7.49. The van der Waals surface area contributed by atoms with Crippen molar-refractivity contribution in [1.82, 2.24) is 0 Å². The number of hydrogen-bond donors (Lipinski definition) is 1. The molecule has 1 aliphatic heterocycles. The highest BCUT2D eigenvalue weighted by molar-refractivity contribution is 5.93. The Bertz CT molecular complexity index is 626. The first kappa shape index (κ1) is 20.4. The lowest BCUT2D eigenvalue weighted by molar-refractivity contribution is -0.162. The Morgan fingerprint density at radius 1 is 1.41 bits per heavy atom. The van der Waals surface area contributed by atoms with Gasteiger partial charge in [0.2, 0.25) is 0 Å². The van der Waals surface area contributed by atoms with Gasteiger partial charge in [-0.05, 0) is 49.4 Å². The average molecular weight is 379 g/mol. The highest BCUT2D eigenvalue weighted by Crippen LogP contribution is 2.65. The molecule has 0 bridgehead atoms. The molecule has 0 aromatic heterocycles. The Balaban J connectivity index is 1.91. The van der Waals surface area contributed by atoms with E-state index in [2.05, 4.69) is 26.8 Å². The molecule has 0 amide bonds. The first-order valence-electron chi connectivity index (χ1n) is 10.4. The van der Waals surface area contributed by atoms with Crippen LogP contribution in [0.5, 0.6) is 0 Å². The Hall–Kier alpha value is -1.36. The van der Waals surface area contributed by atoms with Crippen molar-refractivity contribution in [2.75, 3.05) is 13.2 Å². The van der Waals surface area contributed by atoms with Crippen molar-refractivity contribution in [3.63, 3.8) is 0 Å². The zero-order valence-corrected chi connectivity index (χ0v) is 17.1. The van der Waals surface area contributed by atoms with E-state index < -0.39 is 0 Å². The molecule has 1 saturated heterocycles. The average Bonchev–Trinajstić information content (AvgIpc) is 2.86. The molecule has 1 saturated carbocycles. The number of aliphatic hydroxyl groups is 1. The maximum absolute atomic E-state index is 12.5. The molecule has 0 unspecified atom stereocenters. The minimum absolute atomic E-state index is 0.0299. The first-order valence-corrected chi connectivity index (χ1v) is 10.4. The van der Waals surface area contributed by atoms with Gasteiger partial charge in [-0.3, -0.25) is 4.79 Å². The topological polar surface area (TPSA) is 72.8 Å². The number of rotatable bonds is 7. The van der Waals surface area contributed by atoms with Crippen molar-refractivity contribution in [2.45, 2.75) is 72.3 Å². The number of esters is 2. The van der Waals surface area contributed by atoms with Gasteiger partial charge in [0, 0.05) is 30.4 Å². The summed E-state index contributed by atoms with van der Waals surface area (Å²) in [5.41, 5.74) is 0.596. The summed E-state index contributed by atoms with van der Waals surface area (Å²) in [5, 5.41) is 9.25. The lowest BCUT2D eigenvalue weighted by Crippen LogP contribution is -2.56. The van der Waals surface area contributed by atoms with Crippen LogP contribution in [0.25, 0.3) is 0 Å². The number of hydrogen-bond acceptors (Lipinski definition) is 5. The number of carbonyl (C=O) groups excluding carboxylic acids is 2. The molecule has 1 N–H and O–H groups in total. The summed E-state index contributed by atoms with van der Waals surface area (Å²) >= 11 is 0. The minimum atomic E-state index is -0.257. The summed E-state index contributed by atoms with van der Waals surface area (Å²) < 4.78 is 11.2. The Labute approximate surface area is 162 Å². The highest BCUT2D eigenvalue weighted by Gasteiger charge is 2.65. The third kappa shape index (κ3) is 3.43. The summed E-state index contributed by atoms with van der Waals surface area (Å²) in [4.78, 5) is 23.9. The van der Waals surface area contributed by atoms with Crippen LogP contribution >= 0.6 is 0 Å². The van der Waals surface area contributed by atoms with Crippen molar-refractivity contribution in [3.05, 3.63) is 11.6 Å². The van der Waals surface area contributed by atoms with Gasteiger partial charge < -0.3 is 14.6 Å². The van der Waals surface area contributed by atoms with E-state index in [1.807, 2.05) is 0 Å². The van der Waals surface area contributed by atoms with E-state index in [9.17, 15) is 14.7 Å². The van der Waals surface area contributed by atoms with Gasteiger partial charge >= 0.3 is 11.9 Å². The van der Waals surface area contributed by atoms with Crippen LogP contribution in [0.3, 0.4) is 0 Å². The van der Waals surface area contributed by atoms with Crippen molar-refractivity contribution in [1.29, 1.82) is 0 Å². The molecule has 5 heteroatoms. The zero-order chi connectivity index (χ0) is 19.8. The summed E-state index contributed by atoms with van der Waals surface area (Å²) in [7, 11) is 0. The zero-order valence-electron chi connectivity index (χ0n) is 17.1. The van der Waals surface area contributed by atoms with Gasteiger partial charge in [0.25, 0.3) is 0 Å². The SMILES string of the molecule is CC(=O)OC[C@@H]1C[C@@H]2OC(=O)C3=CCC[C@H]([C@@]1(C)CC[C@H](C)CCO)[C@]32C. The van der Waals surface area contributed by atoms with Gasteiger partial charge in [-0.2, -0.15) is 0 Å². The minimum Gasteiger partial charge on any atom is -0.466 e. The monoisotopic (exact) mass is 378 g/mol. The standard InChI is InChI=1S/C22H34O5/c1-14(9-11-23)8-10-21(3)16(13-26-15(2)24)12-19-22(4)17(20(25)27-19)6-5-7-18(21)22/h6,14,16,18-19,23H,5,7-13H2,1-4H3/t14-,16-,18+,19-,21-,22-/m0/s1. The molecule has 5 nitrogen and oxygen atoms in total. The fourth-order valence-electron chi connectivity index (χ4n) is 6.01. The van der Waals surface area contributed by atoms with Gasteiger partial charge in [0.05, 0.1) is 6.61 Å². The molecule has 3 aliphatic rings. The van der Waals surface area contributed by atoms with Crippen LogP contribution in [-0.4, -0.2) is 36.4 Å². The maximum Gasteiger partial charge on any atom is 0.334 e. The van der Waals surface area contributed by atoms with E-state index in [-0.39, 0.29) is 41.4 Å². The number of allylic oxidation sites excluding steroid dienone is 1. The first-order chi connectivity index (χ1) is 12.7. The Morgan fingerprint density at radius 2 is 2.15 bits per heavy atom. The van der Waals surface area contributed by atoms with E-state index in [0.717, 1.165) is 44.1 Å². The van der Waals surface area contributed by atoms with Crippen LogP contribution in [0.2, 0.25) is 0 Å². The number of aliphatic hydroxyl groups excluding tert-OH is 1. The van der Waals surface area contributed by atoms with Gasteiger partial charge in [0.15, 0.2) is 0 Å². The van der Waals surface area contributed by atoms with Crippen molar-refractivity contribution >= 4 is 11.9 Å². The molecule has 2 fully saturated rings. The largest absolute Gasteiger partial charge is 0.466 e. The molecule has 6 atom stereocenters. The molecule has 152 valence electrons. The summed E-state index contributed by atoms with van der Waals surface area (Å²) in [6.45, 7) is 8.76. The maximum atomic E-state index is 12.5. The molecule has 3 rings (SSSR count). The Morgan fingerprint density at radius 3 is 2.81 bits per heavy atom. The van der Waals surface area contributed by atoms with Gasteiger partial charge in [0.1, 0.15) is 6.10 Å². The van der Waals surface area contributed by atoms with Crippen molar-refractivity contribution in [2.24, 2.45) is 28.6 Å². The fourth-order valence-corrected chi connectivity index (χ4v) is 6.01. The molecular weight excluding hydrogens is 344 g/mol. The van der Waals surface area contributed by atoms with Gasteiger partial charge in [-0.1, -0.05) is 33.3 Å². The van der Waals surface area contributed by atoms with E-state index in [0.29, 0.717) is 18.4 Å². The van der Waals surface area contributed by atoms with E-state index >= 15 is 0 Å². The number of ether oxygens (including phenoxy) is 2. The predicted molar refractivity (Wildman–Crippen MR) is 102 cm³/mol. The van der Waals surface area contributed by atoms with E-state index in [1.54, 1.807) is 0 Å². The van der Waals surface area contributed by atoms with Crippen LogP contribution in [0.4, 0.5) is 0 Å².